The minimum Gasteiger partial charge on any atom is -0.319 e. The van der Waals surface area contributed by atoms with Crippen LogP contribution in [-0.4, -0.2) is 47.9 Å². The topological polar surface area (TPSA) is 76.4 Å². The van der Waals surface area contributed by atoms with Crippen LogP contribution in [0.2, 0.25) is 0 Å². The molecule has 0 bridgehead atoms. The second-order valence-electron chi connectivity index (χ2n) is 9.41. The van der Waals surface area contributed by atoms with Crippen LogP contribution in [0.3, 0.4) is 0 Å². The molecule has 2 saturated heterocycles. The van der Waals surface area contributed by atoms with E-state index in [1.54, 1.807) is 12.1 Å². The van der Waals surface area contributed by atoms with E-state index in [0.29, 0.717) is 36.9 Å². The van der Waals surface area contributed by atoms with Crippen molar-refractivity contribution in [2.75, 3.05) is 26.2 Å². The zero-order valence-corrected chi connectivity index (χ0v) is 20.0. The highest BCUT2D eigenvalue weighted by Gasteiger charge is 2.55. The summed E-state index contributed by atoms with van der Waals surface area (Å²) in [5.41, 5.74) is 1.73. The van der Waals surface area contributed by atoms with Crippen LogP contribution in [0.4, 0.5) is 13.6 Å². The van der Waals surface area contributed by atoms with Gasteiger partial charge in [-0.05, 0) is 98.6 Å². The zero-order valence-electron chi connectivity index (χ0n) is 19.2. The van der Waals surface area contributed by atoms with Crippen LogP contribution in [0, 0.1) is 23.0 Å². The molecule has 184 valence electrons. The molecule has 1 atom stereocenters. The second-order valence-corrected chi connectivity index (χ2v) is 9.41. The number of imide groups is 1. The monoisotopic (exact) mass is 500 g/mol. The number of carbonyl (C=O) groups is 2. The molecule has 0 saturated carbocycles. The van der Waals surface area contributed by atoms with Gasteiger partial charge in [-0.25, -0.2) is 13.6 Å². The lowest BCUT2D eigenvalue weighted by atomic mass is 9.86. The molecule has 0 aromatic heterocycles. The Kier molecular flexibility index (Phi) is 7.11. The molecule has 1 unspecified atom stereocenters. The summed E-state index contributed by atoms with van der Waals surface area (Å²) in [6, 6.07) is 10.5. The fourth-order valence-electron chi connectivity index (χ4n) is 5.72. The molecule has 5 rings (SSSR count). The molecule has 3 aliphatic rings. The van der Waals surface area contributed by atoms with Crippen molar-refractivity contribution >= 4 is 24.3 Å². The first-order valence-corrected chi connectivity index (χ1v) is 11.8. The van der Waals surface area contributed by atoms with Crippen molar-refractivity contribution in [3.8, 4) is 6.07 Å². The first-order chi connectivity index (χ1) is 16.4. The maximum Gasteiger partial charge on any atom is 0.325 e. The molecule has 2 fully saturated rings. The van der Waals surface area contributed by atoms with Crippen LogP contribution in [0.25, 0.3) is 0 Å². The number of halogens is 3. The number of nitriles is 1. The Morgan fingerprint density at radius 3 is 2.51 bits per heavy atom. The van der Waals surface area contributed by atoms with E-state index < -0.39 is 11.4 Å². The van der Waals surface area contributed by atoms with E-state index in [2.05, 4.69) is 16.3 Å². The third-order valence-electron chi connectivity index (χ3n) is 7.49. The van der Waals surface area contributed by atoms with Crippen LogP contribution in [0.5, 0.6) is 0 Å². The number of amides is 3. The van der Waals surface area contributed by atoms with Gasteiger partial charge in [0.05, 0.1) is 11.6 Å². The number of nitrogens with zero attached hydrogens (tertiary/aromatic N) is 3. The van der Waals surface area contributed by atoms with E-state index in [1.165, 1.54) is 29.2 Å². The van der Waals surface area contributed by atoms with Crippen molar-refractivity contribution in [3.63, 3.8) is 0 Å². The summed E-state index contributed by atoms with van der Waals surface area (Å²) in [5.74, 6) is -0.754. The van der Waals surface area contributed by atoms with E-state index in [1.807, 2.05) is 0 Å². The molecular weight excluding hydrogens is 474 g/mol. The number of benzene rings is 2. The van der Waals surface area contributed by atoms with E-state index in [4.69, 9.17) is 0 Å². The number of likely N-dealkylation sites (tertiary alicyclic amines) is 1. The second kappa shape index (κ2) is 9.92. The fraction of sp³-hybridized carbons (Fsp3) is 0.423. The number of fused-ring (bicyclic) bond motifs is 2. The molecule has 3 amide bonds. The standard InChI is InChI=1S/C26H26F2N4O2.ClH/c27-20-2-4-22(19(15-20)16-29)17-7-12-31(13-8-17)10-1-11-32-24(33)26(30-25(32)34)9-6-18-14-21(28)3-5-23(18)26;/h2-5,14-15,17H,1,6-13H2,(H,30,34);1H. The van der Waals surface area contributed by atoms with Gasteiger partial charge in [0.15, 0.2) is 0 Å². The Bertz CT molecular complexity index is 1190. The van der Waals surface area contributed by atoms with E-state index in [-0.39, 0.29) is 36.1 Å². The number of hydrogen-bond donors (Lipinski definition) is 1. The number of hydrogen-bond acceptors (Lipinski definition) is 4. The van der Waals surface area contributed by atoms with Crippen LogP contribution >= 0.6 is 12.4 Å². The summed E-state index contributed by atoms with van der Waals surface area (Å²) >= 11 is 0. The van der Waals surface area contributed by atoms with Crippen molar-refractivity contribution in [1.29, 1.82) is 5.26 Å². The Hall–Kier alpha value is -3.02. The van der Waals surface area contributed by atoms with Gasteiger partial charge < -0.3 is 10.2 Å². The van der Waals surface area contributed by atoms with Crippen molar-refractivity contribution in [2.45, 2.75) is 43.6 Å². The average molecular weight is 501 g/mol. The molecule has 2 aromatic rings. The normalized spacial score (nSPS) is 22.1. The number of aryl methyl sites for hydroxylation is 1. The number of carbonyl (C=O) groups excluding carboxylic acids is 2. The largest absolute Gasteiger partial charge is 0.325 e. The van der Waals surface area contributed by atoms with Gasteiger partial charge in [0.2, 0.25) is 0 Å². The van der Waals surface area contributed by atoms with Gasteiger partial charge >= 0.3 is 6.03 Å². The SMILES string of the molecule is Cl.N#Cc1cc(F)ccc1C1CCN(CCCN2C(=O)NC3(CCc4cc(F)ccc43)C2=O)CC1. The molecule has 9 heteroatoms. The van der Waals surface area contributed by atoms with Gasteiger partial charge in [-0.15, -0.1) is 12.4 Å². The smallest absolute Gasteiger partial charge is 0.319 e. The molecule has 1 spiro atoms. The maximum absolute atomic E-state index is 13.6. The average Bonchev–Trinajstić information content (AvgIpc) is 3.31. The minimum absolute atomic E-state index is 0. The van der Waals surface area contributed by atoms with E-state index in [9.17, 15) is 23.6 Å². The minimum atomic E-state index is -1.06. The molecule has 35 heavy (non-hydrogen) atoms. The van der Waals surface area contributed by atoms with Crippen molar-refractivity contribution < 1.29 is 18.4 Å². The molecule has 1 N–H and O–H groups in total. The number of urea groups is 1. The van der Waals surface area contributed by atoms with Gasteiger partial charge in [0.1, 0.15) is 17.2 Å². The summed E-state index contributed by atoms with van der Waals surface area (Å²) in [5, 5.41) is 12.2. The molecular formula is C26H27ClF2N4O2. The predicted octanol–water partition coefficient (Wildman–Crippen LogP) is 4.22. The Balaban J connectivity index is 0.00000289. The lowest BCUT2D eigenvalue weighted by Gasteiger charge is -2.32. The highest BCUT2D eigenvalue weighted by atomic mass is 35.5. The Morgan fingerprint density at radius 1 is 1.06 bits per heavy atom. The summed E-state index contributed by atoms with van der Waals surface area (Å²) in [7, 11) is 0. The van der Waals surface area contributed by atoms with Crippen LogP contribution in [0.15, 0.2) is 36.4 Å². The highest BCUT2D eigenvalue weighted by Crippen LogP contribution is 2.41. The molecule has 2 aliphatic heterocycles. The molecule has 2 aromatic carbocycles. The number of rotatable bonds is 5. The lowest BCUT2D eigenvalue weighted by Crippen LogP contribution is -2.42. The number of piperidine rings is 1. The first kappa shape index (κ1) is 25.1. The van der Waals surface area contributed by atoms with Crippen LogP contribution in [0.1, 0.15) is 53.9 Å². The highest BCUT2D eigenvalue weighted by molar-refractivity contribution is 6.08. The summed E-state index contributed by atoms with van der Waals surface area (Å²) in [6.07, 6.45) is 3.42. The van der Waals surface area contributed by atoms with Gasteiger partial charge in [-0.3, -0.25) is 9.69 Å². The van der Waals surface area contributed by atoms with Crippen molar-refractivity contribution in [3.05, 3.63) is 70.3 Å². The zero-order chi connectivity index (χ0) is 23.9. The third kappa shape index (κ3) is 4.51. The quantitative estimate of drug-likeness (QED) is 0.624. The van der Waals surface area contributed by atoms with Gasteiger partial charge in [0, 0.05) is 6.54 Å². The third-order valence-corrected chi connectivity index (χ3v) is 7.49. The Morgan fingerprint density at radius 2 is 1.77 bits per heavy atom. The van der Waals surface area contributed by atoms with Crippen molar-refractivity contribution in [1.82, 2.24) is 15.1 Å². The summed E-state index contributed by atoms with van der Waals surface area (Å²) in [6.45, 7) is 2.78. The number of nitrogens with one attached hydrogen (secondary N) is 1. The fourth-order valence-corrected chi connectivity index (χ4v) is 5.72. The maximum atomic E-state index is 13.6. The Labute approximate surface area is 209 Å². The van der Waals surface area contributed by atoms with Crippen LogP contribution in [-0.2, 0) is 16.8 Å². The van der Waals surface area contributed by atoms with E-state index >= 15 is 0 Å². The molecule has 0 radical (unpaired) electrons. The van der Waals surface area contributed by atoms with Crippen LogP contribution < -0.4 is 5.32 Å². The predicted molar refractivity (Wildman–Crippen MR) is 128 cm³/mol. The summed E-state index contributed by atoms with van der Waals surface area (Å²) < 4.78 is 27.0. The van der Waals surface area contributed by atoms with Gasteiger partial charge in [-0.1, -0.05) is 12.1 Å². The van der Waals surface area contributed by atoms with Gasteiger partial charge in [-0.2, -0.15) is 5.26 Å². The van der Waals surface area contributed by atoms with Gasteiger partial charge in [0.25, 0.3) is 5.91 Å². The molecule has 2 heterocycles. The van der Waals surface area contributed by atoms with Crippen molar-refractivity contribution in [2.24, 2.45) is 0 Å². The molecule has 6 nitrogen and oxygen atoms in total. The van der Waals surface area contributed by atoms with E-state index in [0.717, 1.165) is 43.6 Å². The summed E-state index contributed by atoms with van der Waals surface area (Å²) in [4.78, 5) is 29.5. The molecule has 1 aliphatic carbocycles. The first-order valence-electron chi connectivity index (χ1n) is 11.8. The lowest BCUT2D eigenvalue weighted by molar-refractivity contribution is -0.131.